The Hall–Kier alpha value is -2.42. The van der Waals surface area contributed by atoms with Crippen LogP contribution in [0.5, 0.6) is 0 Å². The maximum Gasteiger partial charge on any atom is 0.494 e. The van der Waals surface area contributed by atoms with Crippen LogP contribution in [0.4, 0.5) is 0 Å². The van der Waals surface area contributed by atoms with Gasteiger partial charge in [-0.05, 0) is 57.4 Å². The van der Waals surface area contributed by atoms with Crippen LogP contribution in [0.3, 0.4) is 0 Å². The molecule has 0 amide bonds. The third-order valence-electron chi connectivity index (χ3n) is 5.52. The van der Waals surface area contributed by atoms with E-state index in [1.54, 1.807) is 25.0 Å². The molecule has 8 heteroatoms. The van der Waals surface area contributed by atoms with E-state index in [4.69, 9.17) is 9.31 Å². The Morgan fingerprint density at radius 2 is 1.30 bits per heavy atom. The van der Waals surface area contributed by atoms with Gasteiger partial charge in [-0.3, -0.25) is 0 Å². The summed E-state index contributed by atoms with van der Waals surface area (Å²) in [6.45, 7) is 8.21. The average molecular weight is 465 g/mol. The highest BCUT2D eigenvalue weighted by atomic mass is 79.9. The van der Waals surface area contributed by atoms with E-state index in [9.17, 15) is 0 Å². The van der Waals surface area contributed by atoms with Gasteiger partial charge in [0.05, 0.1) is 22.2 Å². The van der Waals surface area contributed by atoms with Gasteiger partial charge in [-0.2, -0.15) is 0 Å². The number of nitrogens with zero attached hydrogens (tertiary/aromatic N) is 4. The third kappa shape index (κ3) is 4.21. The van der Waals surface area contributed by atoms with Gasteiger partial charge in [0.2, 0.25) is 0 Å². The number of rotatable bonds is 1. The summed E-state index contributed by atoms with van der Waals surface area (Å²) in [4.78, 5) is 16.3. The molecule has 0 unspecified atom stereocenters. The van der Waals surface area contributed by atoms with Gasteiger partial charge in [-0.15, -0.1) is 0 Å². The Kier molecular flexibility index (Phi) is 5.57. The Morgan fingerprint density at radius 3 is 1.90 bits per heavy atom. The highest BCUT2D eigenvalue weighted by Crippen LogP contribution is 2.36. The molecule has 6 nitrogen and oxygen atoms in total. The normalized spacial score (nSPS) is 17.0. The van der Waals surface area contributed by atoms with Crippen molar-refractivity contribution >= 4 is 50.3 Å². The summed E-state index contributed by atoms with van der Waals surface area (Å²) < 4.78 is 13.1. The summed E-state index contributed by atoms with van der Waals surface area (Å²) in [5.74, 6) is 0. The lowest BCUT2D eigenvalue weighted by atomic mass is 9.78. The first-order valence-corrected chi connectivity index (χ1v) is 10.5. The van der Waals surface area contributed by atoms with Crippen molar-refractivity contribution in [3.63, 3.8) is 0 Å². The van der Waals surface area contributed by atoms with Crippen LogP contribution in [-0.4, -0.2) is 38.3 Å². The molecule has 0 spiro atoms. The lowest BCUT2D eigenvalue weighted by molar-refractivity contribution is 0.00578. The molecule has 2 aromatic heterocycles. The monoisotopic (exact) mass is 464 g/mol. The first-order chi connectivity index (χ1) is 14.2. The van der Waals surface area contributed by atoms with Crippen LogP contribution in [-0.2, 0) is 9.31 Å². The predicted molar refractivity (Wildman–Crippen MR) is 122 cm³/mol. The summed E-state index contributed by atoms with van der Waals surface area (Å²) >= 11 is 3.38. The lowest BCUT2D eigenvalue weighted by Gasteiger charge is -2.32. The van der Waals surface area contributed by atoms with Gasteiger partial charge in [0.25, 0.3) is 0 Å². The Bertz CT molecular complexity index is 1190. The summed E-state index contributed by atoms with van der Waals surface area (Å²) in [6.07, 6.45) is 6.71. The minimum absolute atomic E-state index is 0.320. The molecule has 5 rings (SSSR count). The van der Waals surface area contributed by atoms with Gasteiger partial charge in [-0.25, -0.2) is 19.9 Å². The highest BCUT2D eigenvalue weighted by Gasteiger charge is 2.51. The van der Waals surface area contributed by atoms with Crippen molar-refractivity contribution in [2.24, 2.45) is 0 Å². The minimum atomic E-state index is -0.338. The van der Waals surface area contributed by atoms with Crippen molar-refractivity contribution in [3.05, 3.63) is 65.9 Å². The fraction of sp³-hybridized carbons (Fsp3) is 0.273. The Balaban J connectivity index is 0.000000168. The zero-order chi connectivity index (χ0) is 21.4. The quantitative estimate of drug-likeness (QED) is 0.390. The SMILES string of the molecule is Brc1ccc2ncncc2c1.CC1(C)OB(c2ccc3ncncc3c2)OC1(C)C. The fourth-order valence-corrected chi connectivity index (χ4v) is 3.46. The molecular formula is C22H22BBrN4O2. The molecule has 0 atom stereocenters. The molecule has 2 aromatic carbocycles. The maximum absolute atomic E-state index is 6.04. The zero-order valence-corrected chi connectivity index (χ0v) is 18.9. The molecule has 0 N–H and O–H groups in total. The summed E-state index contributed by atoms with van der Waals surface area (Å²) in [6, 6.07) is 11.9. The molecule has 0 aliphatic carbocycles. The number of benzene rings is 2. The van der Waals surface area contributed by atoms with Gasteiger partial charge in [0.1, 0.15) is 12.7 Å². The van der Waals surface area contributed by atoms with Crippen molar-refractivity contribution in [2.75, 3.05) is 0 Å². The summed E-state index contributed by atoms with van der Waals surface area (Å²) in [5, 5.41) is 2.05. The van der Waals surface area contributed by atoms with Crippen LogP contribution >= 0.6 is 15.9 Å². The molecule has 3 heterocycles. The second-order valence-electron chi connectivity index (χ2n) is 8.16. The van der Waals surface area contributed by atoms with Gasteiger partial charge in [0, 0.05) is 27.6 Å². The smallest absolute Gasteiger partial charge is 0.399 e. The van der Waals surface area contributed by atoms with Crippen LogP contribution in [0, 0.1) is 0 Å². The van der Waals surface area contributed by atoms with E-state index < -0.39 is 0 Å². The molecule has 0 radical (unpaired) electrons. The molecule has 0 saturated carbocycles. The van der Waals surface area contributed by atoms with Crippen LogP contribution in [0.1, 0.15) is 27.7 Å². The summed E-state index contributed by atoms with van der Waals surface area (Å²) in [7, 11) is -0.338. The maximum atomic E-state index is 6.04. The molecule has 0 bridgehead atoms. The Labute approximate surface area is 184 Å². The van der Waals surface area contributed by atoms with Crippen LogP contribution in [0.2, 0.25) is 0 Å². The molecular weight excluding hydrogens is 443 g/mol. The number of hydrogen-bond acceptors (Lipinski definition) is 6. The Morgan fingerprint density at radius 1 is 0.767 bits per heavy atom. The molecule has 1 fully saturated rings. The molecule has 1 saturated heterocycles. The van der Waals surface area contributed by atoms with E-state index in [-0.39, 0.29) is 18.3 Å². The first kappa shape index (κ1) is 20.8. The van der Waals surface area contributed by atoms with Crippen molar-refractivity contribution < 1.29 is 9.31 Å². The first-order valence-electron chi connectivity index (χ1n) is 9.66. The van der Waals surface area contributed by atoms with Gasteiger partial charge >= 0.3 is 7.12 Å². The van der Waals surface area contributed by atoms with E-state index in [1.807, 2.05) is 36.4 Å². The van der Waals surface area contributed by atoms with Crippen molar-refractivity contribution in [1.82, 2.24) is 19.9 Å². The number of halogens is 1. The van der Waals surface area contributed by atoms with Crippen LogP contribution in [0.25, 0.3) is 21.8 Å². The van der Waals surface area contributed by atoms with Crippen LogP contribution in [0.15, 0.2) is 65.9 Å². The molecule has 1 aliphatic rings. The largest absolute Gasteiger partial charge is 0.494 e. The topological polar surface area (TPSA) is 70.0 Å². The lowest BCUT2D eigenvalue weighted by Crippen LogP contribution is -2.41. The standard InChI is InChI=1S/C14H17BN2O2.C8H5BrN2/c1-13(2)14(3,4)19-15(18-13)11-5-6-12-10(7-11)8-16-9-17-12;9-7-1-2-8-6(3-7)4-10-5-11-8/h5-9H,1-4H3;1-5H. The van der Waals surface area contributed by atoms with E-state index in [1.165, 1.54) is 0 Å². The second kappa shape index (κ2) is 8.02. The van der Waals surface area contributed by atoms with Crippen LogP contribution < -0.4 is 5.46 Å². The predicted octanol–water partition coefficient (Wildman–Crippen LogP) is 4.32. The van der Waals surface area contributed by atoms with Crippen molar-refractivity contribution in [1.29, 1.82) is 0 Å². The number of fused-ring (bicyclic) bond motifs is 2. The minimum Gasteiger partial charge on any atom is -0.399 e. The zero-order valence-electron chi connectivity index (χ0n) is 17.3. The fourth-order valence-electron chi connectivity index (χ4n) is 3.08. The molecule has 30 heavy (non-hydrogen) atoms. The van der Waals surface area contributed by atoms with Gasteiger partial charge < -0.3 is 9.31 Å². The van der Waals surface area contributed by atoms with Crippen molar-refractivity contribution in [2.45, 2.75) is 38.9 Å². The van der Waals surface area contributed by atoms with Gasteiger partial charge in [-0.1, -0.05) is 28.1 Å². The molecule has 4 aromatic rings. The van der Waals surface area contributed by atoms with E-state index in [2.05, 4.69) is 63.6 Å². The average Bonchev–Trinajstić information content (AvgIpc) is 2.95. The third-order valence-corrected chi connectivity index (χ3v) is 6.01. The number of hydrogen-bond donors (Lipinski definition) is 0. The molecule has 1 aliphatic heterocycles. The van der Waals surface area contributed by atoms with E-state index >= 15 is 0 Å². The second-order valence-corrected chi connectivity index (χ2v) is 9.07. The van der Waals surface area contributed by atoms with Gasteiger partial charge in [0.15, 0.2) is 0 Å². The molecule has 152 valence electrons. The van der Waals surface area contributed by atoms with E-state index in [0.717, 1.165) is 31.7 Å². The van der Waals surface area contributed by atoms with E-state index in [0.29, 0.717) is 0 Å². The number of aromatic nitrogens is 4. The van der Waals surface area contributed by atoms with Crippen molar-refractivity contribution in [3.8, 4) is 0 Å². The summed E-state index contributed by atoms with van der Waals surface area (Å²) in [5.41, 5.74) is 2.26. The highest BCUT2D eigenvalue weighted by molar-refractivity contribution is 9.10.